The van der Waals surface area contributed by atoms with Crippen molar-refractivity contribution in [3.8, 4) is 0 Å². The van der Waals surface area contributed by atoms with E-state index in [1.165, 1.54) is 18.4 Å². The molecule has 2 aliphatic rings. The van der Waals surface area contributed by atoms with Crippen LogP contribution in [0.25, 0.3) is 0 Å². The summed E-state index contributed by atoms with van der Waals surface area (Å²) in [6, 6.07) is 0.523. The highest BCUT2D eigenvalue weighted by Gasteiger charge is 2.57. The summed E-state index contributed by atoms with van der Waals surface area (Å²) in [6.45, 7) is 13.5. The molecule has 3 rings (SSSR count). The molecule has 11 atom stereocenters. The van der Waals surface area contributed by atoms with Gasteiger partial charge < -0.3 is 40.3 Å². The number of carboxylic acids is 1. The average Bonchev–Trinajstić information content (AvgIpc) is 3.45. The molecule has 1 aromatic heterocycles. The van der Waals surface area contributed by atoms with Crippen molar-refractivity contribution in [1.29, 1.82) is 0 Å². The number of carbonyl (C=O) groups excluding carboxylic acids is 4. The van der Waals surface area contributed by atoms with Crippen LogP contribution < -0.4 is 16.0 Å². The molecule has 1 aliphatic heterocycles. The average molecular weight is 750 g/mol. The lowest BCUT2D eigenvalue weighted by molar-refractivity contribution is -0.149. The van der Waals surface area contributed by atoms with Gasteiger partial charge in [-0.1, -0.05) is 61.0 Å². The van der Waals surface area contributed by atoms with E-state index in [2.05, 4.69) is 16.0 Å². The molecule has 2 heterocycles. The number of likely N-dealkylation sites (N-methyl/N-ethyl adjacent to an activating group) is 2. The topological polar surface area (TPSA) is 167 Å². The number of nitrogens with one attached hydrogen (secondary N) is 3. The Bertz CT molecular complexity index is 1360. The zero-order valence-corrected chi connectivity index (χ0v) is 33.7. The van der Waals surface area contributed by atoms with Gasteiger partial charge in [0, 0.05) is 38.6 Å². The van der Waals surface area contributed by atoms with Crippen LogP contribution in [0.15, 0.2) is 17.5 Å². The van der Waals surface area contributed by atoms with Crippen LogP contribution in [0, 0.1) is 29.6 Å². The van der Waals surface area contributed by atoms with E-state index >= 15 is 0 Å². The van der Waals surface area contributed by atoms with E-state index < -0.39 is 54.2 Å². The van der Waals surface area contributed by atoms with Crippen molar-refractivity contribution in [2.24, 2.45) is 29.6 Å². The maximum absolute atomic E-state index is 14.3. The number of methoxy groups -OCH3 is 2. The number of fused-ring (bicyclic) bond motifs is 1. The normalized spacial score (nSPS) is 22.8. The van der Waals surface area contributed by atoms with Gasteiger partial charge in [0.2, 0.25) is 23.6 Å². The Hall–Kier alpha value is -3.07. The molecule has 294 valence electrons. The van der Waals surface area contributed by atoms with Crippen LogP contribution in [-0.2, 0) is 39.9 Å². The van der Waals surface area contributed by atoms with Crippen LogP contribution >= 0.6 is 11.3 Å². The van der Waals surface area contributed by atoms with Gasteiger partial charge in [-0.15, -0.1) is 11.3 Å². The van der Waals surface area contributed by atoms with E-state index in [1.54, 1.807) is 33.0 Å². The second kappa shape index (κ2) is 19.3. The van der Waals surface area contributed by atoms with Crippen molar-refractivity contribution >= 4 is 40.9 Å². The van der Waals surface area contributed by atoms with Gasteiger partial charge in [-0.25, -0.2) is 4.79 Å². The maximum atomic E-state index is 14.3. The molecule has 1 saturated carbocycles. The van der Waals surface area contributed by atoms with E-state index in [9.17, 15) is 29.1 Å². The Morgan fingerprint density at radius 2 is 1.63 bits per heavy atom. The molecule has 0 bridgehead atoms. The summed E-state index contributed by atoms with van der Waals surface area (Å²) in [5, 5.41) is 20.4. The number of carbonyl (C=O) groups is 5. The first-order valence-electron chi connectivity index (χ1n) is 18.7. The summed E-state index contributed by atoms with van der Waals surface area (Å²) in [5.74, 6) is -2.84. The fourth-order valence-electron chi connectivity index (χ4n) is 7.88. The molecule has 0 radical (unpaired) electrons. The standard InChI is InChI=1S/C38H63N5O8S/c1-12-22(6)33(42(9)37(47)32(21(4)5)41-36(46)31(39-8)20(2)3)29(50-10)19-30(44)43-27-16-24(27)17-28(43)34(51-11)23(7)35(45)40-26(38(48)49)18-25-14-13-15-52-25/h13-15,20-24,26-29,31-34,39H,12,16-19H2,1-11H3,(H,40,45)(H,41,46)(H,48,49)/t22?,23-,24+,26?,27+,28+,29?,31+,32+,33?,34-/m1/s1. The van der Waals surface area contributed by atoms with Gasteiger partial charge >= 0.3 is 5.97 Å². The lowest BCUT2D eigenvalue weighted by Gasteiger charge is -2.41. The molecule has 0 aromatic carbocycles. The summed E-state index contributed by atoms with van der Waals surface area (Å²) in [5.41, 5.74) is 0. The number of thiophene rings is 1. The van der Waals surface area contributed by atoms with Gasteiger partial charge in [-0.3, -0.25) is 19.2 Å². The third kappa shape index (κ3) is 10.3. The summed E-state index contributed by atoms with van der Waals surface area (Å²) in [4.78, 5) is 71.6. The first-order valence-corrected chi connectivity index (χ1v) is 19.6. The van der Waals surface area contributed by atoms with E-state index in [0.29, 0.717) is 12.3 Å². The minimum atomic E-state index is -1.12. The van der Waals surface area contributed by atoms with Crippen molar-refractivity contribution in [3.05, 3.63) is 22.4 Å². The lowest BCUT2D eigenvalue weighted by Crippen LogP contribution is -2.59. The van der Waals surface area contributed by atoms with Gasteiger partial charge in [0.15, 0.2) is 0 Å². The number of hydrogen-bond acceptors (Lipinski definition) is 9. The number of rotatable bonds is 21. The molecule has 13 nitrogen and oxygen atoms in total. The maximum Gasteiger partial charge on any atom is 0.326 e. The van der Waals surface area contributed by atoms with Crippen molar-refractivity contribution in [2.45, 2.75) is 129 Å². The zero-order valence-electron chi connectivity index (χ0n) is 32.9. The third-order valence-electron chi connectivity index (χ3n) is 11.2. The molecular formula is C38H63N5O8S. The molecule has 2 fully saturated rings. The number of hydrogen-bond donors (Lipinski definition) is 4. The first-order chi connectivity index (χ1) is 24.5. The molecule has 4 N–H and O–H groups in total. The van der Waals surface area contributed by atoms with E-state index in [0.717, 1.165) is 17.7 Å². The quantitative estimate of drug-likeness (QED) is 0.148. The van der Waals surface area contributed by atoms with Crippen LogP contribution in [0.3, 0.4) is 0 Å². The largest absolute Gasteiger partial charge is 0.480 e. The van der Waals surface area contributed by atoms with Crippen LogP contribution in [-0.4, -0.2) is 121 Å². The lowest BCUT2D eigenvalue weighted by atomic mass is 9.89. The van der Waals surface area contributed by atoms with Gasteiger partial charge in [-0.2, -0.15) is 0 Å². The number of amides is 4. The zero-order chi connectivity index (χ0) is 39.0. The number of ether oxygens (including phenoxy) is 2. The van der Waals surface area contributed by atoms with Crippen LogP contribution in [0.2, 0.25) is 0 Å². The number of likely N-dealkylation sites (tertiary alicyclic amines) is 1. The molecule has 14 heteroatoms. The summed E-state index contributed by atoms with van der Waals surface area (Å²) >= 11 is 1.43. The fourth-order valence-corrected chi connectivity index (χ4v) is 8.64. The van der Waals surface area contributed by atoms with Gasteiger partial charge in [-0.05, 0) is 55.0 Å². The highest BCUT2D eigenvalue weighted by Crippen LogP contribution is 2.50. The molecule has 4 amide bonds. The van der Waals surface area contributed by atoms with Crippen LogP contribution in [0.5, 0.6) is 0 Å². The summed E-state index contributed by atoms with van der Waals surface area (Å²) in [7, 11) is 6.51. The molecule has 4 unspecified atom stereocenters. The van der Waals surface area contributed by atoms with E-state index in [4.69, 9.17) is 9.47 Å². The molecular weight excluding hydrogens is 687 g/mol. The van der Waals surface area contributed by atoms with Gasteiger partial charge in [0.05, 0.1) is 42.7 Å². The fraction of sp³-hybridized carbons (Fsp3) is 0.763. The molecule has 1 aliphatic carbocycles. The Kier molecular flexibility index (Phi) is 16.1. The monoisotopic (exact) mass is 749 g/mol. The first kappa shape index (κ1) is 43.3. The van der Waals surface area contributed by atoms with Crippen LogP contribution in [0.4, 0.5) is 0 Å². The number of aliphatic carboxylic acids is 1. The van der Waals surface area contributed by atoms with Crippen molar-refractivity contribution in [2.75, 3.05) is 28.3 Å². The Morgan fingerprint density at radius 1 is 0.981 bits per heavy atom. The Morgan fingerprint density at radius 3 is 2.13 bits per heavy atom. The van der Waals surface area contributed by atoms with Crippen molar-refractivity contribution in [3.63, 3.8) is 0 Å². The SMILES string of the molecule is CCC(C)C(C(CC(=O)N1[C@H]2C[C@H]2C[C@H]1[C@H](OC)[C@@H](C)C(=O)NC(Cc1cccs1)C(=O)O)OC)N(C)C(=O)[C@@H](NC(=O)[C@@H](NC)C(C)C)C(C)C. The van der Waals surface area contributed by atoms with Gasteiger partial charge in [0.25, 0.3) is 0 Å². The highest BCUT2D eigenvalue weighted by atomic mass is 32.1. The predicted molar refractivity (Wildman–Crippen MR) is 201 cm³/mol. The molecule has 1 saturated heterocycles. The second-order valence-corrected chi connectivity index (χ2v) is 16.4. The Balaban J connectivity index is 1.80. The van der Waals surface area contributed by atoms with E-state index in [1.807, 2.05) is 64.0 Å². The van der Waals surface area contributed by atoms with Crippen molar-refractivity contribution in [1.82, 2.24) is 25.8 Å². The predicted octanol–water partition coefficient (Wildman–Crippen LogP) is 3.16. The van der Waals surface area contributed by atoms with Crippen molar-refractivity contribution < 1.29 is 38.6 Å². The smallest absolute Gasteiger partial charge is 0.326 e. The summed E-state index contributed by atoms with van der Waals surface area (Å²) < 4.78 is 11.9. The number of piperidine rings is 1. The highest BCUT2D eigenvalue weighted by molar-refractivity contribution is 7.09. The van der Waals surface area contributed by atoms with Gasteiger partial charge in [0.1, 0.15) is 12.1 Å². The Labute approximate surface area is 313 Å². The second-order valence-electron chi connectivity index (χ2n) is 15.4. The minimum absolute atomic E-state index is 0.00957. The third-order valence-corrected chi connectivity index (χ3v) is 12.1. The molecule has 52 heavy (non-hydrogen) atoms. The van der Waals surface area contributed by atoms with Crippen LogP contribution in [0.1, 0.15) is 79.0 Å². The van der Waals surface area contributed by atoms with E-state index in [-0.39, 0.29) is 60.4 Å². The molecule has 0 spiro atoms. The summed E-state index contributed by atoms with van der Waals surface area (Å²) in [6.07, 6.45) is 1.15. The number of carboxylic acid groups (broad SMARTS) is 1. The minimum Gasteiger partial charge on any atom is -0.480 e. The number of nitrogens with zero attached hydrogens (tertiary/aromatic N) is 2. The molecule has 1 aromatic rings.